The van der Waals surface area contributed by atoms with Crippen LogP contribution in [0.3, 0.4) is 0 Å². The molecule has 1 aliphatic heterocycles. The molecule has 3 rings (SSSR count). The molecule has 1 saturated heterocycles. The number of nitrogens with zero attached hydrogens (tertiary/aromatic N) is 2. The van der Waals surface area contributed by atoms with E-state index in [2.05, 4.69) is 38.7 Å². The first kappa shape index (κ1) is 17.1. The highest BCUT2D eigenvalue weighted by Gasteiger charge is 2.19. The quantitative estimate of drug-likeness (QED) is 0.906. The predicted octanol–water partition coefficient (Wildman–Crippen LogP) is 3.12. The van der Waals surface area contributed by atoms with Gasteiger partial charge in [0.15, 0.2) is 0 Å². The van der Waals surface area contributed by atoms with Gasteiger partial charge in [-0.05, 0) is 42.5 Å². The van der Waals surface area contributed by atoms with E-state index in [9.17, 15) is 4.79 Å². The van der Waals surface area contributed by atoms with E-state index in [0.717, 1.165) is 49.5 Å². The highest BCUT2D eigenvalue weighted by molar-refractivity contribution is 7.09. The van der Waals surface area contributed by atoms with E-state index in [0.29, 0.717) is 6.54 Å². The summed E-state index contributed by atoms with van der Waals surface area (Å²) in [6.45, 7) is 9.52. The number of rotatable bonds is 5. The van der Waals surface area contributed by atoms with Crippen LogP contribution in [0.4, 0.5) is 5.69 Å². The molecule has 2 aromatic rings. The van der Waals surface area contributed by atoms with Gasteiger partial charge < -0.3 is 5.32 Å². The third kappa shape index (κ3) is 4.66. The summed E-state index contributed by atoms with van der Waals surface area (Å²) in [4.78, 5) is 18.4. The maximum Gasteiger partial charge on any atom is 0.238 e. The Morgan fingerprint density at radius 1 is 1.12 bits per heavy atom. The largest absolute Gasteiger partial charge is 0.325 e. The van der Waals surface area contributed by atoms with Crippen LogP contribution in [0.25, 0.3) is 0 Å². The molecule has 5 heteroatoms. The zero-order valence-electron chi connectivity index (χ0n) is 14.4. The Balaban J connectivity index is 1.45. The summed E-state index contributed by atoms with van der Waals surface area (Å²) >= 11 is 1.81. The normalized spacial score (nSPS) is 16.2. The number of aryl methyl sites for hydroxylation is 2. The molecule has 1 aromatic carbocycles. The molecular weight excluding hydrogens is 318 g/mol. The second kappa shape index (κ2) is 7.92. The Morgan fingerprint density at radius 2 is 1.88 bits per heavy atom. The highest BCUT2D eigenvalue weighted by atomic mass is 32.1. The lowest BCUT2D eigenvalue weighted by atomic mass is 10.1. The fourth-order valence-corrected chi connectivity index (χ4v) is 3.74. The van der Waals surface area contributed by atoms with Crippen molar-refractivity contribution in [3.8, 4) is 0 Å². The molecular formula is C19H25N3OS. The molecule has 1 N–H and O–H groups in total. The number of anilines is 1. The zero-order chi connectivity index (χ0) is 16.9. The van der Waals surface area contributed by atoms with Crippen molar-refractivity contribution in [2.45, 2.75) is 20.4 Å². The average Bonchev–Trinajstić information content (AvgIpc) is 3.06. The molecule has 1 amide bonds. The highest BCUT2D eigenvalue weighted by Crippen LogP contribution is 2.17. The summed E-state index contributed by atoms with van der Waals surface area (Å²) in [6.07, 6.45) is 0. The Kier molecular flexibility index (Phi) is 5.66. The van der Waals surface area contributed by atoms with Gasteiger partial charge in [-0.3, -0.25) is 14.6 Å². The van der Waals surface area contributed by atoms with Crippen LogP contribution in [0.15, 0.2) is 35.7 Å². The van der Waals surface area contributed by atoms with Gasteiger partial charge in [0.05, 0.1) is 6.54 Å². The lowest BCUT2D eigenvalue weighted by Gasteiger charge is -2.34. The summed E-state index contributed by atoms with van der Waals surface area (Å²) in [7, 11) is 0. The number of hydrogen-bond donors (Lipinski definition) is 1. The van der Waals surface area contributed by atoms with E-state index in [1.807, 2.05) is 37.3 Å². The van der Waals surface area contributed by atoms with E-state index < -0.39 is 0 Å². The third-order valence-corrected chi connectivity index (χ3v) is 5.32. The fraction of sp³-hybridized carbons (Fsp3) is 0.421. The van der Waals surface area contributed by atoms with Crippen LogP contribution in [-0.2, 0) is 11.3 Å². The zero-order valence-corrected chi connectivity index (χ0v) is 15.2. The lowest BCUT2D eigenvalue weighted by molar-refractivity contribution is -0.117. The first-order chi connectivity index (χ1) is 11.6. The summed E-state index contributed by atoms with van der Waals surface area (Å²) in [5.74, 6) is 0.0791. The van der Waals surface area contributed by atoms with Gasteiger partial charge >= 0.3 is 0 Å². The van der Waals surface area contributed by atoms with Crippen molar-refractivity contribution >= 4 is 22.9 Å². The lowest BCUT2D eigenvalue weighted by Crippen LogP contribution is -2.48. The van der Waals surface area contributed by atoms with Gasteiger partial charge in [0.1, 0.15) is 0 Å². The van der Waals surface area contributed by atoms with Crippen molar-refractivity contribution in [3.05, 3.63) is 51.7 Å². The third-order valence-electron chi connectivity index (χ3n) is 4.46. The molecule has 0 atom stereocenters. The standard InChI is InChI=1S/C19H25N3OS/c1-15-5-6-16(2)18(12-15)20-19(23)14-22-9-7-21(8-10-22)13-17-4-3-11-24-17/h3-6,11-12H,7-10,13-14H2,1-2H3,(H,20,23). The van der Waals surface area contributed by atoms with Gasteiger partial charge in [-0.25, -0.2) is 0 Å². The molecule has 0 saturated carbocycles. The number of piperazine rings is 1. The van der Waals surface area contributed by atoms with Crippen LogP contribution in [0.1, 0.15) is 16.0 Å². The first-order valence-corrected chi connectivity index (χ1v) is 9.32. The SMILES string of the molecule is Cc1ccc(C)c(NC(=O)CN2CCN(Cc3cccs3)CC2)c1. The second-order valence-corrected chi connectivity index (χ2v) is 7.53. The van der Waals surface area contributed by atoms with Gasteiger partial charge in [-0.15, -0.1) is 11.3 Å². The first-order valence-electron chi connectivity index (χ1n) is 8.44. The molecule has 1 aliphatic rings. The summed E-state index contributed by atoms with van der Waals surface area (Å²) in [5.41, 5.74) is 3.20. The van der Waals surface area contributed by atoms with E-state index in [-0.39, 0.29) is 5.91 Å². The molecule has 0 unspecified atom stereocenters. The Bertz CT molecular complexity index is 676. The molecule has 1 aromatic heterocycles. The molecule has 2 heterocycles. The van der Waals surface area contributed by atoms with Crippen molar-refractivity contribution in [3.63, 3.8) is 0 Å². The van der Waals surface area contributed by atoms with Crippen LogP contribution in [-0.4, -0.2) is 48.4 Å². The minimum Gasteiger partial charge on any atom is -0.325 e. The molecule has 24 heavy (non-hydrogen) atoms. The average molecular weight is 343 g/mol. The number of nitrogens with one attached hydrogen (secondary N) is 1. The second-order valence-electron chi connectivity index (χ2n) is 6.50. The van der Waals surface area contributed by atoms with E-state index >= 15 is 0 Å². The van der Waals surface area contributed by atoms with E-state index in [1.165, 1.54) is 4.88 Å². The van der Waals surface area contributed by atoms with Crippen molar-refractivity contribution in [2.75, 3.05) is 38.0 Å². The summed E-state index contributed by atoms with van der Waals surface area (Å²) in [5, 5.41) is 5.18. The Hall–Kier alpha value is -1.69. The molecule has 0 bridgehead atoms. The topological polar surface area (TPSA) is 35.6 Å². The van der Waals surface area contributed by atoms with Crippen LogP contribution in [0.2, 0.25) is 0 Å². The van der Waals surface area contributed by atoms with E-state index in [4.69, 9.17) is 0 Å². The van der Waals surface area contributed by atoms with Gasteiger partial charge in [0.25, 0.3) is 0 Å². The van der Waals surface area contributed by atoms with Gasteiger partial charge in [0.2, 0.25) is 5.91 Å². The van der Waals surface area contributed by atoms with Crippen molar-refractivity contribution in [2.24, 2.45) is 0 Å². The van der Waals surface area contributed by atoms with Crippen LogP contribution in [0, 0.1) is 13.8 Å². The van der Waals surface area contributed by atoms with Crippen molar-refractivity contribution < 1.29 is 4.79 Å². The molecule has 1 fully saturated rings. The number of benzene rings is 1. The van der Waals surface area contributed by atoms with Crippen LogP contribution in [0.5, 0.6) is 0 Å². The smallest absolute Gasteiger partial charge is 0.238 e. The number of thiophene rings is 1. The fourth-order valence-electron chi connectivity index (χ4n) is 2.99. The molecule has 0 radical (unpaired) electrons. The minimum absolute atomic E-state index is 0.0791. The molecule has 128 valence electrons. The monoisotopic (exact) mass is 343 g/mol. The van der Waals surface area contributed by atoms with Gasteiger partial charge in [-0.2, -0.15) is 0 Å². The number of hydrogen-bond acceptors (Lipinski definition) is 4. The molecule has 0 spiro atoms. The van der Waals surface area contributed by atoms with Crippen LogP contribution >= 0.6 is 11.3 Å². The van der Waals surface area contributed by atoms with Crippen molar-refractivity contribution in [1.29, 1.82) is 0 Å². The van der Waals surface area contributed by atoms with Gasteiger partial charge in [-0.1, -0.05) is 18.2 Å². The molecule has 4 nitrogen and oxygen atoms in total. The Morgan fingerprint density at radius 3 is 2.58 bits per heavy atom. The number of carbonyl (C=O) groups excluding carboxylic acids is 1. The maximum absolute atomic E-state index is 12.3. The molecule has 0 aliphatic carbocycles. The minimum atomic E-state index is 0.0791. The predicted molar refractivity (Wildman–Crippen MR) is 101 cm³/mol. The summed E-state index contributed by atoms with van der Waals surface area (Å²) in [6, 6.07) is 10.4. The Labute approximate surface area is 148 Å². The maximum atomic E-state index is 12.3. The number of carbonyl (C=O) groups is 1. The number of amides is 1. The summed E-state index contributed by atoms with van der Waals surface area (Å²) < 4.78 is 0. The van der Waals surface area contributed by atoms with Gasteiger partial charge in [0, 0.05) is 43.3 Å². The van der Waals surface area contributed by atoms with Crippen molar-refractivity contribution in [1.82, 2.24) is 9.80 Å². The van der Waals surface area contributed by atoms with Crippen LogP contribution < -0.4 is 5.32 Å². The van der Waals surface area contributed by atoms with E-state index in [1.54, 1.807) is 0 Å².